The van der Waals surface area contributed by atoms with Crippen molar-refractivity contribution in [1.29, 1.82) is 0 Å². The fourth-order valence-corrected chi connectivity index (χ4v) is 1.10. The third kappa shape index (κ3) is 29.5. The molecule has 0 aliphatic carbocycles. The molecule has 5 heteroatoms. The third-order valence-corrected chi connectivity index (χ3v) is 1.97. The molecule has 0 bridgehead atoms. The molecular formula is C13H22MgO4. The van der Waals surface area contributed by atoms with Crippen LogP contribution in [0.25, 0.3) is 0 Å². The molecule has 0 aliphatic heterocycles. The van der Waals surface area contributed by atoms with E-state index < -0.39 is 11.9 Å². The molecule has 0 unspecified atom stereocenters. The van der Waals surface area contributed by atoms with Crippen LogP contribution in [0, 0.1) is 5.41 Å². The van der Waals surface area contributed by atoms with Gasteiger partial charge >= 0.3 is 23.1 Å². The van der Waals surface area contributed by atoms with Crippen LogP contribution in [0.2, 0.25) is 0 Å². The van der Waals surface area contributed by atoms with Gasteiger partial charge < -0.3 is 19.8 Å². The topological polar surface area (TPSA) is 80.3 Å². The Balaban J connectivity index is -0.000000321. The molecule has 0 saturated heterocycles. The summed E-state index contributed by atoms with van der Waals surface area (Å²) < 4.78 is 0. The van der Waals surface area contributed by atoms with Crippen molar-refractivity contribution in [2.24, 2.45) is 5.41 Å². The van der Waals surface area contributed by atoms with Crippen molar-refractivity contribution in [2.45, 2.75) is 52.9 Å². The number of carbonyl (C=O) groups is 2. The van der Waals surface area contributed by atoms with E-state index in [0.29, 0.717) is 5.41 Å². The molecule has 0 radical (unpaired) electrons. The number of unbranched alkanes of at least 4 members (excludes halogenated alkanes) is 2. The second kappa shape index (κ2) is 12.9. The predicted molar refractivity (Wildman–Crippen MR) is 68.5 cm³/mol. The Hall–Kier alpha value is -0.554. The maximum Gasteiger partial charge on any atom is 2.00 e. The monoisotopic (exact) mass is 266 g/mol. The molecule has 0 fully saturated rings. The van der Waals surface area contributed by atoms with Gasteiger partial charge in [0.15, 0.2) is 0 Å². The largest absolute Gasteiger partial charge is 2.00 e. The normalized spacial score (nSPS) is 9.50. The fraction of sp³-hybridized carbons (Fsp3) is 0.692. The van der Waals surface area contributed by atoms with Crippen LogP contribution in [0.4, 0.5) is 0 Å². The summed E-state index contributed by atoms with van der Waals surface area (Å²) in [5, 5.41) is 19.2. The van der Waals surface area contributed by atoms with E-state index in [-0.39, 0.29) is 29.5 Å². The average molecular weight is 267 g/mol. The van der Waals surface area contributed by atoms with Gasteiger partial charge in [-0.15, -0.1) is 0 Å². The Morgan fingerprint density at radius 3 is 1.83 bits per heavy atom. The van der Waals surface area contributed by atoms with E-state index >= 15 is 0 Å². The minimum Gasteiger partial charge on any atom is -0.550 e. The SMILES string of the molecule is C=CC(=O)[O-].CC(C)(C)CCCCCC(=O)[O-].[Mg+2]. The van der Waals surface area contributed by atoms with Gasteiger partial charge in [-0.25, -0.2) is 0 Å². The summed E-state index contributed by atoms with van der Waals surface area (Å²) in [5.41, 5.74) is 0.376. The van der Waals surface area contributed by atoms with Crippen LogP contribution in [-0.2, 0) is 9.59 Å². The number of hydrogen-bond acceptors (Lipinski definition) is 4. The Morgan fingerprint density at radius 1 is 1.11 bits per heavy atom. The van der Waals surface area contributed by atoms with E-state index in [0.717, 1.165) is 25.3 Å². The number of carboxylic acid groups (broad SMARTS) is 2. The fourth-order valence-electron chi connectivity index (χ4n) is 1.10. The molecule has 0 aromatic rings. The first-order valence-corrected chi connectivity index (χ1v) is 5.72. The van der Waals surface area contributed by atoms with Gasteiger partial charge in [0.1, 0.15) is 0 Å². The zero-order valence-corrected chi connectivity index (χ0v) is 13.1. The third-order valence-electron chi connectivity index (χ3n) is 1.97. The first-order valence-electron chi connectivity index (χ1n) is 5.72. The van der Waals surface area contributed by atoms with Crippen LogP contribution < -0.4 is 10.2 Å². The van der Waals surface area contributed by atoms with Crippen molar-refractivity contribution in [3.05, 3.63) is 12.7 Å². The molecule has 0 aromatic heterocycles. The van der Waals surface area contributed by atoms with Crippen LogP contribution in [0.15, 0.2) is 12.7 Å². The van der Waals surface area contributed by atoms with Crippen LogP contribution in [0.5, 0.6) is 0 Å². The summed E-state index contributed by atoms with van der Waals surface area (Å²) in [7, 11) is 0. The van der Waals surface area contributed by atoms with Gasteiger partial charge in [0.05, 0.1) is 5.97 Å². The minimum absolute atomic E-state index is 0. The quantitative estimate of drug-likeness (QED) is 0.393. The van der Waals surface area contributed by atoms with Gasteiger partial charge in [-0.2, -0.15) is 0 Å². The van der Waals surface area contributed by atoms with Crippen molar-refractivity contribution in [2.75, 3.05) is 0 Å². The van der Waals surface area contributed by atoms with Crippen LogP contribution >= 0.6 is 0 Å². The molecule has 0 N–H and O–H groups in total. The Bertz CT molecular complexity index is 244. The van der Waals surface area contributed by atoms with Gasteiger partial charge in [-0.3, -0.25) is 0 Å². The summed E-state index contributed by atoms with van der Waals surface area (Å²) in [6.07, 6.45) is 4.99. The maximum absolute atomic E-state index is 10.0. The van der Waals surface area contributed by atoms with E-state index in [9.17, 15) is 9.90 Å². The average Bonchev–Trinajstić information content (AvgIpc) is 2.16. The molecule has 0 amide bonds. The number of rotatable bonds is 6. The van der Waals surface area contributed by atoms with Gasteiger partial charge in [-0.1, -0.05) is 40.2 Å². The zero-order valence-electron chi connectivity index (χ0n) is 11.7. The number of hydrogen-bond donors (Lipinski definition) is 0. The van der Waals surface area contributed by atoms with E-state index in [4.69, 9.17) is 9.90 Å². The van der Waals surface area contributed by atoms with E-state index in [1.54, 1.807) is 0 Å². The van der Waals surface area contributed by atoms with E-state index in [1.165, 1.54) is 6.42 Å². The second-order valence-corrected chi connectivity index (χ2v) is 5.02. The molecule has 4 nitrogen and oxygen atoms in total. The van der Waals surface area contributed by atoms with Crippen LogP contribution in [0.3, 0.4) is 0 Å². The van der Waals surface area contributed by atoms with Gasteiger partial charge in [0.2, 0.25) is 0 Å². The van der Waals surface area contributed by atoms with Crippen molar-refractivity contribution in [1.82, 2.24) is 0 Å². The van der Waals surface area contributed by atoms with Crippen molar-refractivity contribution in [3.8, 4) is 0 Å². The predicted octanol–water partition coefficient (Wildman–Crippen LogP) is 0.274. The van der Waals surface area contributed by atoms with Crippen molar-refractivity contribution < 1.29 is 19.8 Å². The first-order chi connectivity index (χ1) is 7.69. The maximum atomic E-state index is 10.0. The van der Waals surface area contributed by atoms with Crippen LogP contribution in [0.1, 0.15) is 52.9 Å². The van der Waals surface area contributed by atoms with Gasteiger partial charge in [-0.05, 0) is 30.8 Å². The number of carbonyl (C=O) groups excluding carboxylic acids is 2. The Labute approximate surface area is 126 Å². The molecule has 100 valence electrons. The first kappa shape index (κ1) is 22.6. The van der Waals surface area contributed by atoms with Crippen LogP contribution in [-0.4, -0.2) is 35.0 Å². The Kier molecular flexibility index (Phi) is 16.2. The number of aliphatic carboxylic acids is 2. The summed E-state index contributed by atoms with van der Waals surface area (Å²) >= 11 is 0. The summed E-state index contributed by atoms with van der Waals surface area (Å²) in [5.74, 6) is -2.16. The molecular weight excluding hydrogens is 244 g/mol. The molecule has 0 rings (SSSR count). The summed E-state index contributed by atoms with van der Waals surface area (Å²) in [6, 6.07) is 0. The molecule has 0 aliphatic rings. The molecule has 18 heavy (non-hydrogen) atoms. The van der Waals surface area contributed by atoms with Crippen molar-refractivity contribution in [3.63, 3.8) is 0 Å². The Morgan fingerprint density at radius 2 is 1.56 bits per heavy atom. The standard InChI is InChI=1S/C10H20O2.C3H4O2.Mg/c1-10(2,3)8-6-4-5-7-9(11)12;1-2-3(4)5;/h4-8H2,1-3H3,(H,11,12);2H,1H2,(H,4,5);/q;;+2/p-2. The smallest absolute Gasteiger partial charge is 0.550 e. The molecule has 0 spiro atoms. The van der Waals surface area contributed by atoms with E-state index in [1.807, 2.05) is 0 Å². The van der Waals surface area contributed by atoms with Crippen molar-refractivity contribution >= 4 is 35.0 Å². The zero-order chi connectivity index (χ0) is 13.9. The summed E-state index contributed by atoms with van der Waals surface area (Å²) in [4.78, 5) is 19.2. The van der Waals surface area contributed by atoms with E-state index in [2.05, 4.69) is 27.4 Å². The van der Waals surface area contributed by atoms with Gasteiger partial charge in [0.25, 0.3) is 0 Å². The van der Waals surface area contributed by atoms with Gasteiger partial charge in [0, 0.05) is 5.97 Å². The minimum atomic E-state index is -1.23. The number of carboxylic acids is 2. The molecule has 0 saturated carbocycles. The molecule has 0 aromatic carbocycles. The summed E-state index contributed by atoms with van der Waals surface area (Å²) in [6.45, 7) is 9.50. The molecule has 0 atom stereocenters. The molecule has 0 heterocycles. The second-order valence-electron chi connectivity index (χ2n) is 5.02.